The summed E-state index contributed by atoms with van der Waals surface area (Å²) in [6.07, 6.45) is 4.51. The van der Waals surface area contributed by atoms with E-state index in [1.165, 1.54) is 6.08 Å². The van der Waals surface area contributed by atoms with Crippen molar-refractivity contribution >= 4 is 17.7 Å². The molecule has 0 aliphatic rings. The van der Waals surface area contributed by atoms with Crippen LogP contribution in [0, 0.1) is 0 Å². The average molecular weight is 417 g/mol. The molecule has 0 bridgehead atoms. The predicted molar refractivity (Wildman–Crippen MR) is 115 cm³/mol. The van der Waals surface area contributed by atoms with Gasteiger partial charge >= 0.3 is 0 Å². The molecule has 2 heterocycles. The maximum absolute atomic E-state index is 12.3. The third-order valence-electron chi connectivity index (χ3n) is 4.43. The van der Waals surface area contributed by atoms with E-state index < -0.39 is 0 Å². The number of benzene rings is 2. The number of carbonyl (C=O) groups is 1. The minimum atomic E-state index is -0.316. The molecule has 0 unspecified atom stereocenters. The van der Waals surface area contributed by atoms with Crippen molar-refractivity contribution in [2.24, 2.45) is 0 Å². The van der Waals surface area contributed by atoms with Crippen LogP contribution in [0.2, 0.25) is 0 Å². The number of para-hydroxylation sites is 1. The van der Waals surface area contributed by atoms with Gasteiger partial charge in [0.1, 0.15) is 5.76 Å². The molecule has 0 radical (unpaired) electrons. The molecule has 0 aliphatic carbocycles. The summed E-state index contributed by atoms with van der Waals surface area (Å²) >= 11 is 0. The number of hydrogen-bond acceptors (Lipinski definition) is 7. The molecule has 156 valence electrons. The number of nitrogens with one attached hydrogen (secondary N) is 1. The molecule has 0 saturated heterocycles. The SMILES string of the molecule is COc1ccc(-c2noc(-c3ccccc3NC(=O)/C=C/c3ccco3)n2)cc1OC. The highest BCUT2D eigenvalue weighted by Crippen LogP contribution is 2.33. The lowest BCUT2D eigenvalue weighted by Crippen LogP contribution is -2.08. The Balaban J connectivity index is 1.57. The lowest BCUT2D eigenvalue weighted by Gasteiger charge is -2.07. The topological polar surface area (TPSA) is 99.6 Å². The number of aromatic nitrogens is 2. The molecule has 1 N–H and O–H groups in total. The zero-order chi connectivity index (χ0) is 21.6. The van der Waals surface area contributed by atoms with Crippen molar-refractivity contribution in [3.8, 4) is 34.3 Å². The molecule has 2 aromatic carbocycles. The number of hydrogen-bond donors (Lipinski definition) is 1. The van der Waals surface area contributed by atoms with Crippen LogP contribution < -0.4 is 14.8 Å². The van der Waals surface area contributed by atoms with Crippen LogP contribution >= 0.6 is 0 Å². The van der Waals surface area contributed by atoms with Gasteiger partial charge < -0.3 is 23.7 Å². The van der Waals surface area contributed by atoms with E-state index in [4.69, 9.17) is 18.4 Å². The van der Waals surface area contributed by atoms with Gasteiger partial charge in [0.25, 0.3) is 5.89 Å². The molecule has 0 spiro atoms. The Morgan fingerprint density at radius 3 is 2.65 bits per heavy atom. The summed E-state index contributed by atoms with van der Waals surface area (Å²) in [5, 5.41) is 6.88. The fourth-order valence-corrected chi connectivity index (χ4v) is 2.92. The molecule has 2 aromatic heterocycles. The van der Waals surface area contributed by atoms with Gasteiger partial charge in [-0.2, -0.15) is 4.98 Å². The van der Waals surface area contributed by atoms with Crippen molar-refractivity contribution in [1.29, 1.82) is 0 Å². The summed E-state index contributed by atoms with van der Waals surface area (Å²) in [6.45, 7) is 0. The van der Waals surface area contributed by atoms with Gasteiger partial charge in [0.05, 0.1) is 31.7 Å². The smallest absolute Gasteiger partial charge is 0.260 e. The van der Waals surface area contributed by atoms with E-state index in [-0.39, 0.29) is 11.8 Å². The van der Waals surface area contributed by atoms with Crippen molar-refractivity contribution < 1.29 is 23.2 Å². The van der Waals surface area contributed by atoms with E-state index >= 15 is 0 Å². The standard InChI is InChI=1S/C23H19N3O5/c1-28-19-11-9-15(14-20(19)29-2)22-25-23(31-26-22)17-7-3-4-8-18(17)24-21(27)12-10-16-6-5-13-30-16/h3-14H,1-2H3,(H,24,27)/b12-10+. The zero-order valence-electron chi connectivity index (χ0n) is 16.9. The first kappa shape index (κ1) is 20.0. The molecule has 0 fully saturated rings. The molecule has 4 rings (SSSR count). The molecule has 31 heavy (non-hydrogen) atoms. The number of ether oxygens (including phenoxy) is 2. The lowest BCUT2D eigenvalue weighted by atomic mass is 10.1. The monoisotopic (exact) mass is 417 g/mol. The van der Waals surface area contributed by atoms with Crippen LogP contribution in [0.4, 0.5) is 5.69 Å². The predicted octanol–water partition coefficient (Wildman–Crippen LogP) is 4.67. The summed E-state index contributed by atoms with van der Waals surface area (Å²) in [5.41, 5.74) is 1.84. The van der Waals surface area contributed by atoms with Crippen LogP contribution in [0.3, 0.4) is 0 Å². The number of rotatable bonds is 7. The van der Waals surface area contributed by atoms with E-state index in [0.717, 1.165) is 0 Å². The van der Waals surface area contributed by atoms with Crippen LogP contribution in [-0.4, -0.2) is 30.3 Å². The van der Waals surface area contributed by atoms with Crippen LogP contribution in [-0.2, 0) is 4.79 Å². The first-order chi connectivity index (χ1) is 15.2. The Morgan fingerprint density at radius 2 is 1.87 bits per heavy atom. The third-order valence-corrected chi connectivity index (χ3v) is 4.43. The van der Waals surface area contributed by atoms with E-state index in [0.29, 0.717) is 39.9 Å². The summed E-state index contributed by atoms with van der Waals surface area (Å²) in [7, 11) is 3.13. The highest BCUT2D eigenvalue weighted by molar-refractivity contribution is 6.03. The van der Waals surface area contributed by atoms with Gasteiger partial charge in [0.15, 0.2) is 11.5 Å². The number of methoxy groups -OCH3 is 2. The quantitative estimate of drug-likeness (QED) is 0.436. The van der Waals surface area contributed by atoms with Crippen molar-refractivity contribution in [2.45, 2.75) is 0 Å². The minimum Gasteiger partial charge on any atom is -0.493 e. The fourth-order valence-electron chi connectivity index (χ4n) is 2.92. The van der Waals surface area contributed by atoms with Gasteiger partial charge in [-0.3, -0.25) is 4.79 Å². The first-order valence-electron chi connectivity index (χ1n) is 9.36. The second-order valence-electron chi connectivity index (χ2n) is 6.38. The molecule has 8 heteroatoms. The largest absolute Gasteiger partial charge is 0.493 e. The molecule has 8 nitrogen and oxygen atoms in total. The molecule has 0 atom stereocenters. The summed E-state index contributed by atoms with van der Waals surface area (Å²) in [6, 6.07) is 16.0. The Kier molecular flexibility index (Phi) is 5.79. The molecule has 1 amide bonds. The third kappa shape index (κ3) is 4.48. The first-order valence-corrected chi connectivity index (χ1v) is 9.36. The number of furan rings is 1. The molecule has 0 aliphatic heterocycles. The molecule has 0 saturated carbocycles. The van der Waals surface area contributed by atoms with E-state index in [1.54, 1.807) is 69.0 Å². The Labute approximate surface area is 178 Å². The van der Waals surface area contributed by atoms with Crippen LogP contribution in [0.5, 0.6) is 11.5 Å². The second kappa shape index (κ2) is 9.00. The van der Waals surface area contributed by atoms with Gasteiger partial charge in [-0.1, -0.05) is 17.3 Å². The fraction of sp³-hybridized carbons (Fsp3) is 0.0870. The minimum absolute atomic E-state index is 0.274. The maximum Gasteiger partial charge on any atom is 0.260 e. The Morgan fingerprint density at radius 1 is 1.03 bits per heavy atom. The summed E-state index contributed by atoms with van der Waals surface area (Å²) in [4.78, 5) is 16.8. The van der Waals surface area contributed by atoms with Crippen molar-refractivity contribution in [3.63, 3.8) is 0 Å². The van der Waals surface area contributed by atoms with Gasteiger partial charge in [-0.15, -0.1) is 0 Å². The lowest BCUT2D eigenvalue weighted by molar-refractivity contribution is -0.111. The van der Waals surface area contributed by atoms with Crippen LogP contribution in [0.15, 0.2) is 75.9 Å². The maximum atomic E-state index is 12.3. The molecule has 4 aromatic rings. The van der Waals surface area contributed by atoms with E-state index in [1.807, 2.05) is 12.1 Å². The number of nitrogens with zero attached hydrogens (tertiary/aromatic N) is 2. The zero-order valence-corrected chi connectivity index (χ0v) is 16.9. The van der Waals surface area contributed by atoms with Crippen LogP contribution in [0.1, 0.15) is 5.76 Å². The highest BCUT2D eigenvalue weighted by Gasteiger charge is 2.16. The second-order valence-corrected chi connectivity index (χ2v) is 6.38. The highest BCUT2D eigenvalue weighted by atomic mass is 16.5. The molecular weight excluding hydrogens is 398 g/mol. The van der Waals surface area contributed by atoms with Crippen molar-refractivity contribution in [3.05, 3.63) is 72.7 Å². The van der Waals surface area contributed by atoms with Crippen molar-refractivity contribution in [1.82, 2.24) is 10.1 Å². The number of amides is 1. The Bertz CT molecular complexity index is 1210. The number of anilines is 1. The van der Waals surface area contributed by atoms with E-state index in [9.17, 15) is 4.79 Å². The normalized spacial score (nSPS) is 10.9. The van der Waals surface area contributed by atoms with Crippen molar-refractivity contribution in [2.75, 3.05) is 19.5 Å². The number of carbonyl (C=O) groups excluding carboxylic acids is 1. The van der Waals surface area contributed by atoms with Crippen LogP contribution in [0.25, 0.3) is 28.9 Å². The van der Waals surface area contributed by atoms with Gasteiger partial charge in [-0.25, -0.2) is 0 Å². The average Bonchev–Trinajstić information content (AvgIpc) is 3.50. The summed E-state index contributed by atoms with van der Waals surface area (Å²) in [5.74, 6) is 2.09. The Hall–Kier alpha value is -4.33. The summed E-state index contributed by atoms with van der Waals surface area (Å²) < 4.78 is 21.2. The van der Waals surface area contributed by atoms with Gasteiger partial charge in [0.2, 0.25) is 11.7 Å². The van der Waals surface area contributed by atoms with E-state index in [2.05, 4.69) is 15.5 Å². The van der Waals surface area contributed by atoms with Gasteiger partial charge in [-0.05, 0) is 48.5 Å². The van der Waals surface area contributed by atoms with Gasteiger partial charge in [0, 0.05) is 11.6 Å². The molecular formula is C23H19N3O5.